The number of rotatable bonds is 4. The van der Waals surface area contributed by atoms with Crippen molar-refractivity contribution < 1.29 is 14.3 Å². The van der Waals surface area contributed by atoms with Crippen LogP contribution in [0.2, 0.25) is 0 Å². The maximum atomic E-state index is 11.1. The molecule has 1 aromatic carbocycles. The van der Waals surface area contributed by atoms with E-state index >= 15 is 0 Å². The van der Waals surface area contributed by atoms with Gasteiger partial charge < -0.3 is 9.52 Å². The van der Waals surface area contributed by atoms with Gasteiger partial charge in [0.15, 0.2) is 0 Å². The Bertz CT molecular complexity index is 538. The minimum atomic E-state index is -0.929. The van der Waals surface area contributed by atoms with Crippen LogP contribution in [-0.2, 0) is 6.42 Å². The molecule has 0 saturated heterocycles. The molecule has 3 heteroatoms. The summed E-state index contributed by atoms with van der Waals surface area (Å²) in [5.41, 5.74) is 1.38. The molecule has 1 aromatic heterocycles. The first kappa shape index (κ1) is 12.4. The van der Waals surface area contributed by atoms with Crippen LogP contribution in [0.15, 0.2) is 40.8 Å². The Balaban J connectivity index is 2.30. The lowest BCUT2D eigenvalue weighted by Gasteiger charge is -2.01. The molecule has 2 aromatic rings. The summed E-state index contributed by atoms with van der Waals surface area (Å²) >= 11 is 0. The van der Waals surface area contributed by atoms with Gasteiger partial charge in [0, 0.05) is 12.3 Å². The van der Waals surface area contributed by atoms with Gasteiger partial charge in [0.2, 0.25) is 0 Å². The van der Waals surface area contributed by atoms with Crippen LogP contribution in [-0.4, -0.2) is 11.1 Å². The molecule has 0 spiro atoms. The van der Waals surface area contributed by atoms with Crippen molar-refractivity contribution in [3.63, 3.8) is 0 Å². The summed E-state index contributed by atoms with van der Waals surface area (Å²) in [4.78, 5) is 11.1. The van der Waals surface area contributed by atoms with Gasteiger partial charge in [-0.25, -0.2) is 4.79 Å². The largest absolute Gasteiger partial charge is 0.478 e. The van der Waals surface area contributed by atoms with Gasteiger partial charge >= 0.3 is 5.97 Å². The number of furan rings is 1. The number of carbonyl (C=O) groups is 1. The standard InChI is InChI=1S/C15H16O3/c1-10(2)14-13(15(16)17)9-12(18-14)8-11-6-4-3-5-7-11/h3-7,9-10H,8H2,1-2H3,(H,16,17). The van der Waals surface area contributed by atoms with E-state index in [-0.39, 0.29) is 11.5 Å². The normalized spacial score (nSPS) is 10.8. The van der Waals surface area contributed by atoms with E-state index in [1.807, 2.05) is 44.2 Å². The average molecular weight is 244 g/mol. The van der Waals surface area contributed by atoms with Crippen molar-refractivity contribution >= 4 is 5.97 Å². The summed E-state index contributed by atoms with van der Waals surface area (Å²) in [6.07, 6.45) is 0.619. The number of aromatic carboxylic acids is 1. The fourth-order valence-electron chi connectivity index (χ4n) is 1.94. The number of carboxylic acids is 1. The van der Waals surface area contributed by atoms with E-state index in [9.17, 15) is 4.79 Å². The van der Waals surface area contributed by atoms with Gasteiger partial charge in [-0.15, -0.1) is 0 Å². The monoisotopic (exact) mass is 244 g/mol. The summed E-state index contributed by atoms with van der Waals surface area (Å²) in [7, 11) is 0. The lowest BCUT2D eigenvalue weighted by molar-refractivity contribution is 0.0694. The van der Waals surface area contributed by atoms with Crippen molar-refractivity contribution in [2.45, 2.75) is 26.2 Å². The molecule has 1 N–H and O–H groups in total. The lowest BCUT2D eigenvalue weighted by atomic mass is 10.1. The Labute approximate surface area is 106 Å². The number of carboxylic acid groups (broad SMARTS) is 1. The molecule has 0 aliphatic carbocycles. The van der Waals surface area contributed by atoms with Gasteiger partial charge in [-0.3, -0.25) is 0 Å². The van der Waals surface area contributed by atoms with Gasteiger partial charge in [-0.2, -0.15) is 0 Å². The summed E-state index contributed by atoms with van der Waals surface area (Å²) in [5, 5.41) is 9.13. The second-order valence-electron chi connectivity index (χ2n) is 4.61. The van der Waals surface area contributed by atoms with Crippen molar-refractivity contribution in [2.75, 3.05) is 0 Å². The molecule has 0 bridgehead atoms. The molecule has 1 heterocycles. The molecule has 0 aliphatic rings. The molecule has 3 nitrogen and oxygen atoms in total. The Morgan fingerprint density at radius 3 is 2.44 bits per heavy atom. The van der Waals surface area contributed by atoms with Gasteiger partial charge in [-0.1, -0.05) is 44.2 Å². The smallest absolute Gasteiger partial charge is 0.339 e. The maximum absolute atomic E-state index is 11.1. The van der Waals surface area contributed by atoms with Crippen molar-refractivity contribution in [3.05, 3.63) is 59.0 Å². The predicted molar refractivity (Wildman–Crippen MR) is 69.0 cm³/mol. The van der Waals surface area contributed by atoms with E-state index in [0.29, 0.717) is 17.9 Å². The molecule has 18 heavy (non-hydrogen) atoms. The van der Waals surface area contributed by atoms with Crippen LogP contribution < -0.4 is 0 Å². The highest BCUT2D eigenvalue weighted by atomic mass is 16.4. The molecular weight excluding hydrogens is 228 g/mol. The zero-order valence-electron chi connectivity index (χ0n) is 10.5. The molecule has 94 valence electrons. The zero-order chi connectivity index (χ0) is 13.1. The topological polar surface area (TPSA) is 50.4 Å². The Kier molecular flexibility index (Phi) is 3.51. The third kappa shape index (κ3) is 2.62. The van der Waals surface area contributed by atoms with Crippen LogP contribution in [0.4, 0.5) is 0 Å². The second-order valence-corrected chi connectivity index (χ2v) is 4.61. The highest BCUT2D eigenvalue weighted by molar-refractivity contribution is 5.89. The maximum Gasteiger partial charge on any atom is 0.339 e. The van der Waals surface area contributed by atoms with E-state index in [2.05, 4.69) is 0 Å². The van der Waals surface area contributed by atoms with E-state index in [4.69, 9.17) is 9.52 Å². The molecular formula is C15H16O3. The van der Waals surface area contributed by atoms with Gasteiger partial charge in [0.25, 0.3) is 0 Å². The number of benzene rings is 1. The van der Waals surface area contributed by atoms with Crippen LogP contribution in [0.25, 0.3) is 0 Å². The minimum Gasteiger partial charge on any atom is -0.478 e. The van der Waals surface area contributed by atoms with Crippen LogP contribution in [0.1, 0.15) is 47.2 Å². The summed E-state index contributed by atoms with van der Waals surface area (Å²) in [5.74, 6) is 0.387. The fourth-order valence-corrected chi connectivity index (χ4v) is 1.94. The van der Waals surface area contributed by atoms with E-state index in [0.717, 1.165) is 5.56 Å². The Morgan fingerprint density at radius 1 is 1.28 bits per heavy atom. The van der Waals surface area contributed by atoms with E-state index in [1.165, 1.54) is 0 Å². The lowest BCUT2D eigenvalue weighted by Crippen LogP contribution is -1.99. The van der Waals surface area contributed by atoms with Crippen LogP contribution in [0.5, 0.6) is 0 Å². The molecule has 2 rings (SSSR count). The first-order chi connectivity index (χ1) is 8.58. The van der Waals surface area contributed by atoms with Crippen molar-refractivity contribution in [1.82, 2.24) is 0 Å². The Morgan fingerprint density at radius 2 is 1.94 bits per heavy atom. The fraction of sp³-hybridized carbons (Fsp3) is 0.267. The molecule has 0 unspecified atom stereocenters. The van der Waals surface area contributed by atoms with Gasteiger partial charge in [0.1, 0.15) is 17.1 Å². The van der Waals surface area contributed by atoms with E-state index < -0.39 is 5.97 Å². The zero-order valence-corrected chi connectivity index (χ0v) is 10.5. The third-order valence-electron chi connectivity index (χ3n) is 2.79. The highest BCUT2D eigenvalue weighted by Gasteiger charge is 2.19. The van der Waals surface area contributed by atoms with Crippen LogP contribution in [0.3, 0.4) is 0 Å². The molecule has 0 atom stereocenters. The third-order valence-corrected chi connectivity index (χ3v) is 2.79. The average Bonchev–Trinajstić information content (AvgIpc) is 2.74. The van der Waals surface area contributed by atoms with Gasteiger partial charge in [0.05, 0.1) is 0 Å². The van der Waals surface area contributed by atoms with Gasteiger partial charge in [-0.05, 0) is 11.6 Å². The van der Waals surface area contributed by atoms with Crippen molar-refractivity contribution in [1.29, 1.82) is 0 Å². The molecule has 0 saturated carbocycles. The molecule has 0 fully saturated rings. The number of hydrogen-bond acceptors (Lipinski definition) is 2. The summed E-state index contributed by atoms with van der Waals surface area (Å²) in [6.45, 7) is 3.86. The predicted octanol–water partition coefficient (Wildman–Crippen LogP) is 3.69. The van der Waals surface area contributed by atoms with Crippen molar-refractivity contribution in [3.8, 4) is 0 Å². The second kappa shape index (κ2) is 5.08. The van der Waals surface area contributed by atoms with Crippen LogP contribution >= 0.6 is 0 Å². The number of hydrogen-bond donors (Lipinski definition) is 1. The Hall–Kier alpha value is -2.03. The first-order valence-corrected chi connectivity index (χ1v) is 5.97. The van der Waals surface area contributed by atoms with Crippen molar-refractivity contribution in [2.24, 2.45) is 0 Å². The molecule has 0 radical (unpaired) electrons. The summed E-state index contributed by atoms with van der Waals surface area (Å²) < 4.78 is 5.66. The molecule has 0 aliphatic heterocycles. The molecule has 0 amide bonds. The SMILES string of the molecule is CC(C)c1oc(Cc2ccccc2)cc1C(=O)O. The quantitative estimate of drug-likeness (QED) is 0.892. The van der Waals surface area contributed by atoms with Crippen LogP contribution in [0, 0.1) is 0 Å². The van der Waals surface area contributed by atoms with E-state index in [1.54, 1.807) is 6.07 Å². The summed E-state index contributed by atoms with van der Waals surface area (Å²) in [6, 6.07) is 11.5. The highest BCUT2D eigenvalue weighted by Crippen LogP contribution is 2.25. The first-order valence-electron chi connectivity index (χ1n) is 5.97. The minimum absolute atomic E-state index is 0.0700.